The van der Waals surface area contributed by atoms with Crippen LogP contribution >= 0.6 is 11.6 Å². The van der Waals surface area contributed by atoms with E-state index in [9.17, 15) is 14.7 Å². The van der Waals surface area contributed by atoms with Crippen molar-refractivity contribution in [2.45, 2.75) is 19.9 Å². The number of hydrogen-bond donors (Lipinski definition) is 2. The standard InChI is InChI=1S/C24H20ClN5O3/c1-14-4-2-7-17(10-14)30-21(32)12-20(31)23(28-30)24(33)29-9-8-19-18(13-29)22(27-26-19)15-5-3-6-16(25)11-15/h2-7,10-12,31H,8-9,13H2,1H3,(H,26,27). The van der Waals surface area contributed by atoms with Crippen LogP contribution in [0.5, 0.6) is 5.75 Å². The number of aromatic nitrogens is 4. The molecule has 166 valence electrons. The number of carbonyl (C=O) groups excluding carboxylic acids is 1. The zero-order chi connectivity index (χ0) is 23.1. The maximum Gasteiger partial charge on any atom is 0.278 e. The van der Waals surface area contributed by atoms with Crippen molar-refractivity contribution >= 4 is 17.5 Å². The number of hydrogen-bond acceptors (Lipinski definition) is 5. The van der Waals surface area contributed by atoms with Gasteiger partial charge in [0.05, 0.1) is 17.9 Å². The maximum atomic E-state index is 13.4. The van der Waals surface area contributed by atoms with Crippen LogP contribution in [0, 0.1) is 6.92 Å². The van der Waals surface area contributed by atoms with Gasteiger partial charge in [-0.2, -0.15) is 14.9 Å². The van der Waals surface area contributed by atoms with Gasteiger partial charge in [-0.25, -0.2) is 0 Å². The van der Waals surface area contributed by atoms with Gasteiger partial charge in [-0.1, -0.05) is 35.9 Å². The molecule has 4 aromatic rings. The molecule has 2 N–H and O–H groups in total. The summed E-state index contributed by atoms with van der Waals surface area (Å²) in [6.07, 6.45) is 0.576. The van der Waals surface area contributed by atoms with Crippen LogP contribution in [0.25, 0.3) is 16.9 Å². The summed E-state index contributed by atoms with van der Waals surface area (Å²) < 4.78 is 1.13. The number of aryl methyl sites for hydroxylation is 1. The predicted octanol–water partition coefficient (Wildman–Crippen LogP) is 3.49. The van der Waals surface area contributed by atoms with Crippen molar-refractivity contribution in [3.05, 3.63) is 92.5 Å². The second kappa shape index (κ2) is 8.22. The largest absolute Gasteiger partial charge is 0.505 e. The van der Waals surface area contributed by atoms with E-state index >= 15 is 0 Å². The number of aromatic hydroxyl groups is 1. The first-order valence-electron chi connectivity index (χ1n) is 10.4. The Balaban J connectivity index is 1.49. The van der Waals surface area contributed by atoms with Crippen molar-refractivity contribution in [2.24, 2.45) is 0 Å². The molecular weight excluding hydrogens is 442 g/mol. The topological polar surface area (TPSA) is 104 Å². The molecule has 0 unspecified atom stereocenters. The number of aromatic amines is 1. The van der Waals surface area contributed by atoms with E-state index in [-0.39, 0.29) is 12.2 Å². The van der Waals surface area contributed by atoms with Crippen molar-refractivity contribution in [3.63, 3.8) is 0 Å². The average Bonchev–Trinajstić information content (AvgIpc) is 3.22. The van der Waals surface area contributed by atoms with Gasteiger partial charge >= 0.3 is 0 Å². The van der Waals surface area contributed by atoms with Crippen molar-refractivity contribution in [2.75, 3.05) is 6.54 Å². The second-order valence-corrected chi connectivity index (χ2v) is 8.42. The van der Waals surface area contributed by atoms with Crippen LogP contribution in [-0.2, 0) is 13.0 Å². The molecule has 1 aliphatic rings. The molecule has 1 amide bonds. The zero-order valence-corrected chi connectivity index (χ0v) is 18.5. The number of carbonyl (C=O) groups is 1. The van der Waals surface area contributed by atoms with Crippen molar-refractivity contribution in [3.8, 4) is 22.7 Å². The van der Waals surface area contributed by atoms with Crippen molar-refractivity contribution in [1.82, 2.24) is 24.9 Å². The van der Waals surface area contributed by atoms with Gasteiger partial charge < -0.3 is 10.0 Å². The number of nitrogens with one attached hydrogen (secondary N) is 1. The number of halogens is 1. The minimum absolute atomic E-state index is 0.174. The molecule has 8 nitrogen and oxygen atoms in total. The van der Waals surface area contributed by atoms with E-state index in [0.717, 1.165) is 38.8 Å². The molecule has 0 aliphatic carbocycles. The number of nitrogens with zero attached hydrogens (tertiary/aromatic N) is 4. The Labute approximate surface area is 194 Å². The van der Waals surface area contributed by atoms with E-state index in [2.05, 4.69) is 15.3 Å². The fraction of sp³-hybridized carbons (Fsp3) is 0.167. The number of fused-ring (bicyclic) bond motifs is 1. The van der Waals surface area contributed by atoms with Gasteiger partial charge in [-0.3, -0.25) is 14.7 Å². The van der Waals surface area contributed by atoms with E-state index in [4.69, 9.17) is 11.6 Å². The van der Waals surface area contributed by atoms with Crippen LogP contribution in [-0.4, -0.2) is 42.4 Å². The third kappa shape index (κ3) is 3.89. The molecular formula is C24H20ClN5O3. The molecule has 0 spiro atoms. The highest BCUT2D eigenvalue weighted by Crippen LogP contribution is 2.30. The third-order valence-corrected chi connectivity index (χ3v) is 5.91. The molecule has 1 aliphatic heterocycles. The van der Waals surface area contributed by atoms with E-state index in [0.29, 0.717) is 23.7 Å². The summed E-state index contributed by atoms with van der Waals surface area (Å²) in [7, 11) is 0. The van der Waals surface area contributed by atoms with Gasteiger partial charge in [0.1, 0.15) is 0 Å². The smallest absolute Gasteiger partial charge is 0.278 e. The lowest BCUT2D eigenvalue weighted by atomic mass is 10.0. The summed E-state index contributed by atoms with van der Waals surface area (Å²) in [6.45, 7) is 2.61. The molecule has 2 aromatic heterocycles. The second-order valence-electron chi connectivity index (χ2n) is 7.98. The van der Waals surface area contributed by atoms with E-state index < -0.39 is 17.2 Å². The van der Waals surface area contributed by atoms with Gasteiger partial charge in [0.2, 0.25) is 0 Å². The van der Waals surface area contributed by atoms with Gasteiger partial charge in [0, 0.05) is 40.9 Å². The monoisotopic (exact) mass is 461 g/mol. The van der Waals surface area contributed by atoms with Crippen LogP contribution in [0.4, 0.5) is 0 Å². The molecule has 2 aromatic carbocycles. The van der Waals surface area contributed by atoms with Crippen LogP contribution < -0.4 is 5.56 Å². The summed E-state index contributed by atoms with van der Waals surface area (Å²) in [5, 5.41) is 22.7. The number of amides is 1. The minimum atomic E-state index is -0.520. The van der Waals surface area contributed by atoms with Crippen LogP contribution in [0.3, 0.4) is 0 Å². The third-order valence-electron chi connectivity index (χ3n) is 5.68. The Hall–Kier alpha value is -3.91. The lowest BCUT2D eigenvalue weighted by Gasteiger charge is -2.27. The van der Waals surface area contributed by atoms with Gasteiger partial charge in [0.25, 0.3) is 11.5 Å². The molecule has 0 bridgehead atoms. The van der Waals surface area contributed by atoms with E-state index in [1.807, 2.05) is 31.2 Å². The Morgan fingerprint density at radius 3 is 2.76 bits per heavy atom. The maximum absolute atomic E-state index is 13.4. The first kappa shape index (κ1) is 21.0. The Morgan fingerprint density at radius 1 is 1.15 bits per heavy atom. The molecule has 0 saturated carbocycles. The fourth-order valence-corrected chi connectivity index (χ4v) is 4.23. The molecule has 0 fully saturated rings. The quantitative estimate of drug-likeness (QED) is 0.486. The lowest BCUT2D eigenvalue weighted by molar-refractivity contribution is 0.0723. The summed E-state index contributed by atoms with van der Waals surface area (Å²) in [6, 6.07) is 15.6. The Bertz CT molecular complexity index is 1440. The van der Waals surface area contributed by atoms with E-state index in [1.165, 1.54) is 0 Å². The molecule has 5 rings (SSSR count). The van der Waals surface area contributed by atoms with Gasteiger partial charge in [-0.15, -0.1) is 0 Å². The predicted molar refractivity (Wildman–Crippen MR) is 124 cm³/mol. The Morgan fingerprint density at radius 2 is 1.97 bits per heavy atom. The highest BCUT2D eigenvalue weighted by Gasteiger charge is 2.29. The van der Waals surface area contributed by atoms with Gasteiger partial charge in [-0.05, 0) is 36.8 Å². The van der Waals surface area contributed by atoms with Crippen LogP contribution in [0.2, 0.25) is 5.02 Å². The highest BCUT2D eigenvalue weighted by molar-refractivity contribution is 6.30. The van der Waals surface area contributed by atoms with E-state index in [1.54, 1.807) is 29.2 Å². The molecule has 0 radical (unpaired) electrons. The first-order valence-corrected chi connectivity index (χ1v) is 10.8. The highest BCUT2D eigenvalue weighted by atomic mass is 35.5. The normalized spacial score (nSPS) is 13.1. The molecule has 0 atom stereocenters. The Kier molecular flexibility index (Phi) is 5.22. The number of benzene rings is 2. The summed E-state index contributed by atoms with van der Waals surface area (Å²) in [4.78, 5) is 27.4. The van der Waals surface area contributed by atoms with Crippen LogP contribution in [0.1, 0.15) is 27.3 Å². The minimum Gasteiger partial charge on any atom is -0.505 e. The van der Waals surface area contributed by atoms with Crippen molar-refractivity contribution in [1.29, 1.82) is 0 Å². The average molecular weight is 462 g/mol. The first-order chi connectivity index (χ1) is 15.9. The molecule has 3 heterocycles. The summed E-state index contributed by atoms with van der Waals surface area (Å²) in [5.41, 5.74) is 4.20. The fourth-order valence-electron chi connectivity index (χ4n) is 4.04. The van der Waals surface area contributed by atoms with Gasteiger partial charge in [0.15, 0.2) is 11.4 Å². The molecule has 33 heavy (non-hydrogen) atoms. The lowest BCUT2D eigenvalue weighted by Crippen LogP contribution is -2.37. The molecule has 9 heteroatoms. The summed E-state index contributed by atoms with van der Waals surface area (Å²) in [5.74, 6) is -0.903. The van der Waals surface area contributed by atoms with Crippen molar-refractivity contribution < 1.29 is 9.90 Å². The number of H-pyrrole nitrogens is 1. The summed E-state index contributed by atoms with van der Waals surface area (Å²) >= 11 is 6.14. The number of rotatable bonds is 3. The van der Waals surface area contributed by atoms with Crippen LogP contribution in [0.15, 0.2) is 59.4 Å². The SMILES string of the molecule is Cc1cccc(-n2nc(C(=O)N3CCc4[nH]nc(-c5cccc(Cl)c5)c4C3)c(O)cc2=O)c1. The molecule has 0 saturated heterocycles. The zero-order valence-electron chi connectivity index (χ0n) is 17.7.